The number of rotatable bonds is 4. The van der Waals surface area contributed by atoms with Crippen molar-refractivity contribution in [1.29, 1.82) is 0 Å². The quantitative estimate of drug-likeness (QED) is 0.679. The molecular formula is C11H17N3O3. The molecule has 2 rings (SSSR count). The van der Waals surface area contributed by atoms with E-state index in [1.165, 1.54) is 7.11 Å². The van der Waals surface area contributed by atoms with Crippen molar-refractivity contribution in [2.45, 2.75) is 12.6 Å². The lowest BCUT2D eigenvalue weighted by molar-refractivity contribution is -0.153. The third kappa shape index (κ3) is 3.04. The normalized spacial score (nSPS) is 21.4. The highest BCUT2D eigenvalue weighted by molar-refractivity contribution is 5.75. The van der Waals surface area contributed by atoms with Crippen LogP contribution in [0.4, 0.5) is 0 Å². The summed E-state index contributed by atoms with van der Waals surface area (Å²) in [5, 5.41) is 4.13. The first-order valence-corrected chi connectivity index (χ1v) is 5.68. The van der Waals surface area contributed by atoms with Crippen molar-refractivity contribution >= 4 is 5.97 Å². The SMILES string of the molecule is COC(=O)C1COCCN1CCn1cccn1. The second kappa shape index (κ2) is 5.79. The first-order valence-electron chi connectivity index (χ1n) is 5.68. The van der Waals surface area contributed by atoms with Crippen LogP contribution in [0, 0.1) is 0 Å². The number of ether oxygens (including phenoxy) is 2. The molecule has 6 nitrogen and oxygen atoms in total. The van der Waals surface area contributed by atoms with E-state index in [9.17, 15) is 4.79 Å². The van der Waals surface area contributed by atoms with E-state index in [-0.39, 0.29) is 12.0 Å². The van der Waals surface area contributed by atoms with E-state index in [0.29, 0.717) is 13.2 Å². The van der Waals surface area contributed by atoms with Crippen LogP contribution in [-0.2, 0) is 20.8 Å². The Morgan fingerprint density at radius 3 is 3.18 bits per heavy atom. The summed E-state index contributed by atoms with van der Waals surface area (Å²) < 4.78 is 11.9. The van der Waals surface area contributed by atoms with Crippen molar-refractivity contribution in [3.8, 4) is 0 Å². The standard InChI is InChI=1S/C11H17N3O3/c1-16-11(15)10-9-17-8-7-13(10)5-6-14-4-2-3-12-14/h2-4,10H,5-9H2,1H3. The molecule has 17 heavy (non-hydrogen) atoms. The third-order valence-corrected chi connectivity index (χ3v) is 2.89. The van der Waals surface area contributed by atoms with Crippen LogP contribution in [0.15, 0.2) is 18.5 Å². The summed E-state index contributed by atoms with van der Waals surface area (Å²) in [6.45, 7) is 3.35. The van der Waals surface area contributed by atoms with Crippen LogP contribution in [0.1, 0.15) is 0 Å². The number of methoxy groups -OCH3 is 1. The molecule has 0 saturated carbocycles. The molecule has 1 fully saturated rings. The van der Waals surface area contributed by atoms with Crippen LogP contribution in [0.5, 0.6) is 0 Å². The van der Waals surface area contributed by atoms with E-state index in [2.05, 4.69) is 10.00 Å². The zero-order valence-electron chi connectivity index (χ0n) is 9.91. The molecule has 0 bridgehead atoms. The lowest BCUT2D eigenvalue weighted by Crippen LogP contribution is -2.51. The number of esters is 1. The molecule has 94 valence electrons. The van der Waals surface area contributed by atoms with Crippen LogP contribution in [0.3, 0.4) is 0 Å². The first kappa shape index (κ1) is 12.1. The second-order valence-corrected chi connectivity index (χ2v) is 3.92. The lowest BCUT2D eigenvalue weighted by Gasteiger charge is -2.33. The highest BCUT2D eigenvalue weighted by Gasteiger charge is 2.29. The highest BCUT2D eigenvalue weighted by atomic mass is 16.5. The van der Waals surface area contributed by atoms with Gasteiger partial charge in [0.05, 0.1) is 26.9 Å². The van der Waals surface area contributed by atoms with Gasteiger partial charge in [-0.1, -0.05) is 0 Å². The Bertz CT molecular complexity index is 353. The van der Waals surface area contributed by atoms with Gasteiger partial charge in [-0.05, 0) is 6.07 Å². The van der Waals surface area contributed by atoms with Crippen LogP contribution in [0.2, 0.25) is 0 Å². The van der Waals surface area contributed by atoms with E-state index < -0.39 is 0 Å². The van der Waals surface area contributed by atoms with Gasteiger partial charge in [-0.15, -0.1) is 0 Å². The maximum atomic E-state index is 11.6. The van der Waals surface area contributed by atoms with E-state index in [1.807, 2.05) is 16.9 Å². The summed E-state index contributed by atoms with van der Waals surface area (Å²) >= 11 is 0. The molecule has 0 radical (unpaired) electrons. The van der Waals surface area contributed by atoms with Crippen LogP contribution in [-0.4, -0.2) is 60.1 Å². The predicted molar refractivity (Wildman–Crippen MR) is 60.4 cm³/mol. The van der Waals surface area contributed by atoms with E-state index in [1.54, 1.807) is 6.20 Å². The summed E-state index contributed by atoms with van der Waals surface area (Å²) in [5.41, 5.74) is 0. The number of aromatic nitrogens is 2. The zero-order valence-corrected chi connectivity index (χ0v) is 9.91. The van der Waals surface area contributed by atoms with Crippen LogP contribution in [0.25, 0.3) is 0 Å². The van der Waals surface area contributed by atoms with Gasteiger partial charge in [-0.2, -0.15) is 5.10 Å². The number of carbonyl (C=O) groups excluding carboxylic acids is 1. The second-order valence-electron chi connectivity index (χ2n) is 3.92. The molecule has 1 aromatic heterocycles. The molecule has 1 saturated heterocycles. The van der Waals surface area contributed by atoms with Gasteiger partial charge in [-0.3, -0.25) is 14.4 Å². The van der Waals surface area contributed by atoms with Gasteiger partial charge >= 0.3 is 5.97 Å². The Morgan fingerprint density at radius 1 is 1.59 bits per heavy atom. The van der Waals surface area contributed by atoms with Crippen molar-refractivity contribution in [3.63, 3.8) is 0 Å². The number of carbonyl (C=O) groups is 1. The summed E-state index contributed by atoms with van der Waals surface area (Å²) in [6.07, 6.45) is 3.66. The minimum absolute atomic E-state index is 0.231. The molecule has 1 aliphatic rings. The molecule has 1 aliphatic heterocycles. The first-order chi connectivity index (χ1) is 8.31. The molecule has 1 aromatic rings. The summed E-state index contributed by atoms with van der Waals surface area (Å²) in [7, 11) is 1.41. The molecular weight excluding hydrogens is 222 g/mol. The fourth-order valence-corrected chi connectivity index (χ4v) is 1.92. The van der Waals surface area contributed by atoms with Crippen LogP contribution >= 0.6 is 0 Å². The fourth-order valence-electron chi connectivity index (χ4n) is 1.92. The maximum Gasteiger partial charge on any atom is 0.325 e. The van der Waals surface area contributed by atoms with Crippen molar-refractivity contribution in [2.75, 3.05) is 33.4 Å². The van der Waals surface area contributed by atoms with E-state index >= 15 is 0 Å². The molecule has 0 spiro atoms. The van der Waals surface area contributed by atoms with Gasteiger partial charge in [-0.25, -0.2) is 0 Å². The van der Waals surface area contributed by atoms with Gasteiger partial charge in [0.25, 0.3) is 0 Å². The summed E-state index contributed by atoms with van der Waals surface area (Å²) in [5.74, 6) is -0.231. The molecule has 1 atom stereocenters. The van der Waals surface area contributed by atoms with Gasteiger partial charge in [0, 0.05) is 25.5 Å². The Labute approximate surface area is 100 Å². The molecule has 0 amide bonds. The van der Waals surface area contributed by atoms with Crippen molar-refractivity contribution < 1.29 is 14.3 Å². The van der Waals surface area contributed by atoms with Gasteiger partial charge in [0.15, 0.2) is 0 Å². The predicted octanol–water partition coefficient (Wildman–Crippen LogP) is -0.243. The topological polar surface area (TPSA) is 56.6 Å². The van der Waals surface area contributed by atoms with Gasteiger partial charge in [0.1, 0.15) is 6.04 Å². The Morgan fingerprint density at radius 2 is 2.47 bits per heavy atom. The maximum absolute atomic E-state index is 11.6. The average Bonchev–Trinajstić information content (AvgIpc) is 2.89. The molecule has 0 N–H and O–H groups in total. The number of hydrogen-bond donors (Lipinski definition) is 0. The number of morpholine rings is 1. The Hall–Kier alpha value is -1.40. The Kier molecular flexibility index (Phi) is 4.11. The van der Waals surface area contributed by atoms with Gasteiger partial charge in [0.2, 0.25) is 0 Å². The molecule has 1 unspecified atom stereocenters. The Balaban J connectivity index is 1.90. The largest absolute Gasteiger partial charge is 0.468 e. The zero-order chi connectivity index (χ0) is 12.1. The van der Waals surface area contributed by atoms with Crippen molar-refractivity contribution in [1.82, 2.24) is 14.7 Å². The average molecular weight is 239 g/mol. The van der Waals surface area contributed by atoms with Crippen molar-refractivity contribution in [2.24, 2.45) is 0 Å². The van der Waals surface area contributed by atoms with E-state index in [0.717, 1.165) is 19.6 Å². The summed E-state index contributed by atoms with van der Waals surface area (Å²) in [4.78, 5) is 13.7. The van der Waals surface area contributed by atoms with Crippen molar-refractivity contribution in [3.05, 3.63) is 18.5 Å². The fraction of sp³-hybridized carbons (Fsp3) is 0.636. The molecule has 2 heterocycles. The van der Waals surface area contributed by atoms with E-state index in [4.69, 9.17) is 9.47 Å². The number of nitrogens with zero attached hydrogens (tertiary/aromatic N) is 3. The minimum Gasteiger partial charge on any atom is -0.468 e. The molecule has 0 aromatic carbocycles. The third-order valence-electron chi connectivity index (χ3n) is 2.89. The highest BCUT2D eigenvalue weighted by Crippen LogP contribution is 2.08. The summed E-state index contributed by atoms with van der Waals surface area (Å²) in [6, 6.07) is 1.60. The smallest absolute Gasteiger partial charge is 0.325 e. The van der Waals surface area contributed by atoms with Gasteiger partial charge < -0.3 is 9.47 Å². The van der Waals surface area contributed by atoms with Crippen LogP contribution < -0.4 is 0 Å². The monoisotopic (exact) mass is 239 g/mol. The molecule has 0 aliphatic carbocycles. The molecule has 6 heteroatoms. The minimum atomic E-state index is -0.288. The lowest BCUT2D eigenvalue weighted by atomic mass is 10.2. The number of hydrogen-bond acceptors (Lipinski definition) is 5.